The Morgan fingerprint density at radius 2 is 1.65 bits per heavy atom. The van der Waals surface area contributed by atoms with Crippen molar-refractivity contribution >= 4 is 11.0 Å². The van der Waals surface area contributed by atoms with Crippen LogP contribution in [0.15, 0.2) is 39.5 Å². The molecule has 1 heterocycles. The summed E-state index contributed by atoms with van der Waals surface area (Å²) in [7, 11) is 2.45. The average Bonchev–Trinajstić information content (AvgIpc) is 2.59. The van der Waals surface area contributed by atoms with Crippen LogP contribution in [-0.4, -0.2) is 29.5 Å². The van der Waals surface area contributed by atoms with Gasteiger partial charge >= 0.3 is 0 Å². The Bertz CT molecular complexity index is 1020. The lowest BCUT2D eigenvalue weighted by Crippen LogP contribution is -2.09. The molecule has 0 amide bonds. The van der Waals surface area contributed by atoms with Crippen LogP contribution in [0, 0.1) is 0 Å². The van der Waals surface area contributed by atoms with E-state index in [0.717, 1.165) is 6.07 Å². The van der Waals surface area contributed by atoms with Gasteiger partial charge in [-0.15, -0.1) is 0 Å². The number of hydrogen-bond acceptors (Lipinski definition) is 9. The highest BCUT2D eigenvalue weighted by atomic mass is 17.2. The van der Waals surface area contributed by atoms with Crippen molar-refractivity contribution in [2.75, 3.05) is 14.2 Å². The maximum absolute atomic E-state index is 12.7. The van der Waals surface area contributed by atoms with Gasteiger partial charge in [-0.25, -0.2) is 0 Å². The second-order valence-electron chi connectivity index (χ2n) is 5.11. The van der Waals surface area contributed by atoms with Crippen molar-refractivity contribution in [3.8, 4) is 40.1 Å². The summed E-state index contributed by atoms with van der Waals surface area (Å²) in [5.74, 6) is -1.42. The van der Waals surface area contributed by atoms with Crippen molar-refractivity contribution in [1.82, 2.24) is 0 Å². The zero-order valence-electron chi connectivity index (χ0n) is 13.7. The molecule has 26 heavy (non-hydrogen) atoms. The molecule has 0 aliphatic rings. The molecular weight excluding hydrogens is 348 g/mol. The molecule has 0 saturated carbocycles. The van der Waals surface area contributed by atoms with Crippen LogP contribution >= 0.6 is 0 Å². The topological polar surface area (TPSA) is 128 Å². The highest BCUT2D eigenvalue weighted by molar-refractivity contribution is 5.88. The molecule has 9 heteroatoms. The van der Waals surface area contributed by atoms with Gasteiger partial charge in [0.2, 0.25) is 11.2 Å². The van der Waals surface area contributed by atoms with E-state index in [9.17, 15) is 20.1 Å². The van der Waals surface area contributed by atoms with E-state index in [4.69, 9.17) is 14.2 Å². The summed E-state index contributed by atoms with van der Waals surface area (Å²) >= 11 is 0. The number of rotatable bonds is 5. The highest BCUT2D eigenvalue weighted by Crippen LogP contribution is 2.38. The predicted molar refractivity (Wildman–Crippen MR) is 88.2 cm³/mol. The van der Waals surface area contributed by atoms with Crippen molar-refractivity contribution in [2.45, 2.75) is 0 Å². The van der Waals surface area contributed by atoms with E-state index in [1.165, 1.54) is 38.5 Å². The lowest BCUT2D eigenvalue weighted by molar-refractivity contribution is -0.179. The molecule has 2 aromatic carbocycles. The van der Waals surface area contributed by atoms with Crippen molar-refractivity contribution in [2.24, 2.45) is 0 Å². The highest BCUT2D eigenvalue weighted by Gasteiger charge is 2.22. The molecule has 9 nitrogen and oxygen atoms in total. The van der Waals surface area contributed by atoms with E-state index in [1.807, 2.05) is 0 Å². The third kappa shape index (κ3) is 2.96. The third-order valence-electron chi connectivity index (χ3n) is 3.48. The minimum atomic E-state index is -0.720. The van der Waals surface area contributed by atoms with Crippen LogP contribution in [0.5, 0.6) is 28.7 Å². The maximum atomic E-state index is 12.7. The summed E-state index contributed by atoms with van der Waals surface area (Å²) in [6.07, 6.45) is 0. The first kappa shape index (κ1) is 17.4. The van der Waals surface area contributed by atoms with E-state index in [1.54, 1.807) is 0 Å². The fraction of sp³-hybridized carbons (Fsp3) is 0.118. The van der Waals surface area contributed by atoms with E-state index in [2.05, 4.69) is 9.78 Å². The fourth-order valence-corrected chi connectivity index (χ4v) is 2.43. The summed E-state index contributed by atoms with van der Waals surface area (Å²) in [6, 6.07) is 6.25. The zero-order chi connectivity index (χ0) is 18.8. The maximum Gasteiger partial charge on any atom is 0.256 e. The molecule has 0 radical (unpaired) electrons. The van der Waals surface area contributed by atoms with Gasteiger partial charge in [0.15, 0.2) is 11.5 Å². The lowest BCUT2D eigenvalue weighted by atomic mass is 10.1. The standard InChI is InChI=1S/C17H14O9/c1-22-25-12-5-8(3-4-10(12)19)16-17(26-23-2)15(21)14-11(20)6-9(18)7-13(14)24-16/h3-7,18-20H,1-2H3. The summed E-state index contributed by atoms with van der Waals surface area (Å²) < 4.78 is 5.64. The molecule has 0 bridgehead atoms. The van der Waals surface area contributed by atoms with Crippen LogP contribution in [0.3, 0.4) is 0 Å². The number of phenolic OH excluding ortho intramolecular Hbond substituents is 3. The number of benzene rings is 2. The molecule has 0 unspecified atom stereocenters. The normalized spacial score (nSPS) is 10.8. The van der Waals surface area contributed by atoms with Crippen LogP contribution in [0.2, 0.25) is 0 Å². The quantitative estimate of drug-likeness (QED) is 0.463. The van der Waals surface area contributed by atoms with Crippen LogP contribution in [0.25, 0.3) is 22.3 Å². The zero-order valence-corrected chi connectivity index (χ0v) is 13.7. The summed E-state index contributed by atoms with van der Waals surface area (Å²) in [5.41, 5.74) is -0.514. The first-order valence-corrected chi connectivity index (χ1v) is 7.23. The van der Waals surface area contributed by atoms with Crippen molar-refractivity contribution in [1.29, 1.82) is 0 Å². The molecule has 1 aromatic heterocycles. The minimum absolute atomic E-state index is 0.0325. The van der Waals surface area contributed by atoms with Gasteiger partial charge in [0.05, 0.1) is 14.2 Å². The largest absolute Gasteiger partial charge is 0.508 e. The fourth-order valence-electron chi connectivity index (χ4n) is 2.43. The van der Waals surface area contributed by atoms with E-state index in [-0.39, 0.29) is 45.3 Å². The van der Waals surface area contributed by atoms with Crippen LogP contribution in [0.4, 0.5) is 0 Å². The molecule has 3 N–H and O–H groups in total. The third-order valence-corrected chi connectivity index (χ3v) is 3.48. The van der Waals surface area contributed by atoms with E-state index < -0.39 is 11.2 Å². The molecule has 0 aliphatic heterocycles. The summed E-state index contributed by atoms with van der Waals surface area (Å²) in [6.45, 7) is 0. The van der Waals surface area contributed by atoms with Crippen LogP contribution in [0.1, 0.15) is 0 Å². The molecule has 0 aliphatic carbocycles. The van der Waals surface area contributed by atoms with E-state index in [0.29, 0.717) is 0 Å². The SMILES string of the molecule is COOc1cc(-c2oc3cc(O)cc(O)c3c(=O)c2OOC)ccc1O. The molecular formula is C17H14O9. The van der Waals surface area contributed by atoms with Gasteiger partial charge in [-0.2, -0.15) is 9.78 Å². The number of aromatic hydroxyl groups is 3. The second kappa shape index (κ2) is 6.82. The Balaban J connectivity index is 2.33. The van der Waals surface area contributed by atoms with Gasteiger partial charge in [-0.05, 0) is 18.2 Å². The smallest absolute Gasteiger partial charge is 0.256 e. The van der Waals surface area contributed by atoms with Crippen LogP contribution < -0.4 is 15.2 Å². The lowest BCUT2D eigenvalue weighted by Gasteiger charge is -2.11. The Morgan fingerprint density at radius 1 is 0.923 bits per heavy atom. The molecule has 3 aromatic rings. The van der Waals surface area contributed by atoms with Crippen LogP contribution in [-0.2, 0) is 9.78 Å². The van der Waals surface area contributed by atoms with Crippen molar-refractivity contribution in [3.63, 3.8) is 0 Å². The van der Waals surface area contributed by atoms with Crippen molar-refractivity contribution in [3.05, 3.63) is 40.6 Å². The Labute approximate surface area is 146 Å². The summed E-state index contributed by atoms with van der Waals surface area (Å²) in [4.78, 5) is 31.6. The first-order chi connectivity index (χ1) is 12.5. The predicted octanol–water partition coefficient (Wildman–Crippen LogP) is 2.46. The molecule has 0 saturated heterocycles. The average molecular weight is 362 g/mol. The number of phenols is 3. The van der Waals surface area contributed by atoms with Crippen molar-refractivity contribution < 1.29 is 39.3 Å². The molecule has 136 valence electrons. The van der Waals surface area contributed by atoms with E-state index >= 15 is 0 Å². The van der Waals surface area contributed by atoms with Gasteiger partial charge in [-0.3, -0.25) is 4.79 Å². The van der Waals surface area contributed by atoms with Gasteiger partial charge in [0.25, 0.3) is 5.75 Å². The van der Waals surface area contributed by atoms with Gasteiger partial charge in [-0.1, -0.05) is 0 Å². The Morgan fingerprint density at radius 3 is 2.35 bits per heavy atom. The first-order valence-electron chi connectivity index (χ1n) is 7.23. The molecule has 3 rings (SSSR count). The molecule has 0 fully saturated rings. The number of hydrogen-bond donors (Lipinski definition) is 3. The van der Waals surface area contributed by atoms with Gasteiger partial charge < -0.3 is 29.5 Å². The van der Waals surface area contributed by atoms with Gasteiger partial charge in [0.1, 0.15) is 22.5 Å². The van der Waals surface area contributed by atoms with Gasteiger partial charge in [0, 0.05) is 17.7 Å². The Kier molecular flexibility index (Phi) is 4.57. The molecule has 0 spiro atoms. The minimum Gasteiger partial charge on any atom is -0.508 e. The Hall–Kier alpha value is -3.43. The monoisotopic (exact) mass is 362 g/mol. The second-order valence-corrected chi connectivity index (χ2v) is 5.11. The summed E-state index contributed by atoms with van der Waals surface area (Å²) in [5, 5.41) is 29.2. The number of fused-ring (bicyclic) bond motifs is 1. The molecule has 0 atom stereocenters.